The summed E-state index contributed by atoms with van der Waals surface area (Å²) in [5, 5.41) is 3.73. The molecule has 0 saturated carbocycles. The number of carbonyl (C=O) groups is 1. The van der Waals surface area contributed by atoms with Crippen LogP contribution in [0.15, 0.2) is 22.7 Å². The summed E-state index contributed by atoms with van der Waals surface area (Å²) in [7, 11) is 0. The van der Waals surface area contributed by atoms with Gasteiger partial charge in [0.05, 0.1) is 18.4 Å². The second-order valence-electron chi connectivity index (χ2n) is 4.63. The largest absolute Gasteiger partial charge is 0.397 e. The molecule has 20 heavy (non-hydrogen) atoms. The van der Waals surface area contributed by atoms with Gasteiger partial charge < -0.3 is 15.8 Å². The zero-order valence-electron chi connectivity index (χ0n) is 11.4. The highest BCUT2D eigenvalue weighted by Gasteiger charge is 2.17. The third-order valence-corrected chi connectivity index (χ3v) is 4.58. The molecule has 1 aromatic carbocycles. The van der Waals surface area contributed by atoms with Gasteiger partial charge in [-0.15, -0.1) is 11.3 Å². The van der Waals surface area contributed by atoms with Gasteiger partial charge in [0, 0.05) is 21.1 Å². The van der Waals surface area contributed by atoms with E-state index in [1.807, 2.05) is 32.0 Å². The number of thiophene rings is 1. The van der Waals surface area contributed by atoms with Gasteiger partial charge in [0.1, 0.15) is 4.88 Å². The molecule has 0 aliphatic heterocycles. The molecule has 2 rings (SSSR count). The average Bonchev–Trinajstić information content (AvgIpc) is 2.73. The summed E-state index contributed by atoms with van der Waals surface area (Å²) in [6.07, 6.45) is 0.164. The highest BCUT2D eigenvalue weighted by atomic mass is 79.9. The zero-order chi connectivity index (χ0) is 14.7. The van der Waals surface area contributed by atoms with Crippen molar-refractivity contribution in [2.75, 3.05) is 18.9 Å². The third-order valence-electron chi connectivity index (χ3n) is 2.75. The van der Waals surface area contributed by atoms with Gasteiger partial charge in [0.2, 0.25) is 0 Å². The van der Waals surface area contributed by atoms with Crippen molar-refractivity contribution in [2.24, 2.45) is 0 Å². The molecular formula is C14H17BrN2O2S. The number of benzene rings is 1. The van der Waals surface area contributed by atoms with E-state index >= 15 is 0 Å². The summed E-state index contributed by atoms with van der Waals surface area (Å²) in [5.74, 6) is -0.150. The van der Waals surface area contributed by atoms with Crippen molar-refractivity contribution in [1.29, 1.82) is 0 Å². The minimum Gasteiger partial charge on any atom is -0.397 e. The molecule has 1 aromatic heterocycles. The third kappa shape index (κ3) is 3.31. The van der Waals surface area contributed by atoms with Gasteiger partial charge in [-0.05, 0) is 26.0 Å². The molecule has 1 amide bonds. The Morgan fingerprint density at radius 2 is 2.25 bits per heavy atom. The Morgan fingerprint density at radius 1 is 1.50 bits per heavy atom. The van der Waals surface area contributed by atoms with Crippen LogP contribution in [0.1, 0.15) is 23.5 Å². The maximum atomic E-state index is 12.1. The molecule has 0 saturated heterocycles. The molecule has 0 aliphatic carbocycles. The lowest BCUT2D eigenvalue weighted by Gasteiger charge is -2.08. The number of hydrogen-bond donors (Lipinski definition) is 2. The summed E-state index contributed by atoms with van der Waals surface area (Å²) >= 11 is 4.87. The van der Waals surface area contributed by atoms with E-state index in [0.29, 0.717) is 23.7 Å². The number of anilines is 1. The smallest absolute Gasteiger partial charge is 0.263 e. The maximum absolute atomic E-state index is 12.1. The number of hydrogen-bond acceptors (Lipinski definition) is 4. The van der Waals surface area contributed by atoms with Crippen molar-refractivity contribution in [3.8, 4) is 0 Å². The molecule has 0 spiro atoms. The zero-order valence-corrected chi connectivity index (χ0v) is 13.8. The fraction of sp³-hybridized carbons (Fsp3) is 0.357. The lowest BCUT2D eigenvalue weighted by Crippen LogP contribution is -2.27. The molecule has 0 atom stereocenters. The van der Waals surface area contributed by atoms with E-state index in [2.05, 4.69) is 21.2 Å². The topological polar surface area (TPSA) is 64.3 Å². The van der Waals surface area contributed by atoms with Crippen LogP contribution in [0.4, 0.5) is 5.69 Å². The minimum absolute atomic E-state index is 0.150. The Balaban J connectivity index is 2.11. The van der Waals surface area contributed by atoms with E-state index in [-0.39, 0.29) is 12.0 Å². The summed E-state index contributed by atoms with van der Waals surface area (Å²) in [6.45, 7) is 4.90. The first-order valence-electron chi connectivity index (χ1n) is 6.37. The Bertz CT molecular complexity index is 625. The lowest BCUT2D eigenvalue weighted by atomic mass is 10.2. The van der Waals surface area contributed by atoms with Gasteiger partial charge in [-0.25, -0.2) is 0 Å². The second kappa shape index (κ2) is 6.56. The number of carbonyl (C=O) groups excluding carboxylic acids is 1. The molecule has 108 valence electrons. The molecular weight excluding hydrogens is 340 g/mol. The highest BCUT2D eigenvalue weighted by molar-refractivity contribution is 9.10. The maximum Gasteiger partial charge on any atom is 0.263 e. The highest BCUT2D eigenvalue weighted by Crippen LogP contribution is 2.37. The first-order chi connectivity index (χ1) is 9.50. The van der Waals surface area contributed by atoms with E-state index in [1.165, 1.54) is 11.3 Å². The Hall–Kier alpha value is -1.11. The lowest BCUT2D eigenvalue weighted by molar-refractivity contribution is 0.0748. The van der Waals surface area contributed by atoms with Gasteiger partial charge >= 0.3 is 0 Å². The van der Waals surface area contributed by atoms with Gasteiger partial charge in [0.15, 0.2) is 0 Å². The summed E-state index contributed by atoms with van der Waals surface area (Å²) in [6, 6.07) is 5.81. The molecule has 4 nitrogen and oxygen atoms in total. The van der Waals surface area contributed by atoms with Gasteiger partial charge in [-0.1, -0.05) is 22.0 Å². The molecule has 0 unspecified atom stereocenters. The number of halogens is 1. The monoisotopic (exact) mass is 356 g/mol. The van der Waals surface area contributed by atoms with E-state index in [1.54, 1.807) is 0 Å². The second-order valence-corrected chi connectivity index (χ2v) is 6.54. The molecule has 3 N–H and O–H groups in total. The van der Waals surface area contributed by atoms with Crippen LogP contribution < -0.4 is 11.1 Å². The molecule has 0 bridgehead atoms. The quantitative estimate of drug-likeness (QED) is 0.806. The predicted molar refractivity (Wildman–Crippen MR) is 87.4 cm³/mol. The van der Waals surface area contributed by atoms with Crippen LogP contribution in [-0.4, -0.2) is 25.2 Å². The van der Waals surface area contributed by atoms with Crippen molar-refractivity contribution < 1.29 is 9.53 Å². The van der Waals surface area contributed by atoms with Crippen LogP contribution in [0, 0.1) is 0 Å². The fourth-order valence-corrected chi connectivity index (χ4v) is 3.61. The van der Waals surface area contributed by atoms with Crippen LogP contribution in [0.2, 0.25) is 0 Å². The molecule has 1 heterocycles. The minimum atomic E-state index is -0.150. The van der Waals surface area contributed by atoms with Crippen molar-refractivity contribution >= 4 is 48.9 Å². The molecule has 0 fully saturated rings. The molecule has 6 heteroatoms. The summed E-state index contributed by atoms with van der Waals surface area (Å²) < 4.78 is 7.30. The number of nitrogens with one attached hydrogen (secondary N) is 1. The van der Waals surface area contributed by atoms with E-state index in [9.17, 15) is 4.79 Å². The first-order valence-corrected chi connectivity index (χ1v) is 7.98. The SMILES string of the molecule is CC(C)OCCNC(=O)c1sc2cccc(Br)c2c1N. The number of ether oxygens (including phenoxy) is 1. The molecule has 0 aliphatic rings. The summed E-state index contributed by atoms with van der Waals surface area (Å²) in [5.41, 5.74) is 6.61. The van der Waals surface area contributed by atoms with E-state index in [0.717, 1.165) is 14.6 Å². The van der Waals surface area contributed by atoms with Crippen molar-refractivity contribution in [1.82, 2.24) is 5.32 Å². The average molecular weight is 357 g/mol. The van der Waals surface area contributed by atoms with Crippen LogP contribution in [0.5, 0.6) is 0 Å². The fourth-order valence-electron chi connectivity index (χ4n) is 1.84. The first kappa shape index (κ1) is 15.3. The Morgan fingerprint density at radius 3 is 2.90 bits per heavy atom. The van der Waals surface area contributed by atoms with E-state index in [4.69, 9.17) is 10.5 Å². The van der Waals surface area contributed by atoms with Crippen molar-refractivity contribution in [3.63, 3.8) is 0 Å². The Kier molecular flexibility index (Phi) is 5.01. The number of nitrogen functional groups attached to an aromatic ring is 1. The molecule has 2 aromatic rings. The number of amides is 1. The van der Waals surface area contributed by atoms with Crippen LogP contribution in [0.3, 0.4) is 0 Å². The van der Waals surface area contributed by atoms with Crippen LogP contribution >= 0.6 is 27.3 Å². The van der Waals surface area contributed by atoms with E-state index < -0.39 is 0 Å². The van der Waals surface area contributed by atoms with Crippen LogP contribution in [0.25, 0.3) is 10.1 Å². The molecule has 0 radical (unpaired) electrons. The standard InChI is InChI=1S/C14H17BrN2O2S/c1-8(2)19-7-6-17-14(18)13-12(16)11-9(15)4-3-5-10(11)20-13/h3-5,8H,6-7,16H2,1-2H3,(H,17,18). The van der Waals surface area contributed by atoms with Gasteiger partial charge in [0.25, 0.3) is 5.91 Å². The summed E-state index contributed by atoms with van der Waals surface area (Å²) in [4.78, 5) is 12.7. The number of fused-ring (bicyclic) bond motifs is 1. The van der Waals surface area contributed by atoms with Crippen molar-refractivity contribution in [2.45, 2.75) is 20.0 Å². The number of rotatable bonds is 5. The van der Waals surface area contributed by atoms with Gasteiger partial charge in [-0.2, -0.15) is 0 Å². The number of nitrogens with two attached hydrogens (primary N) is 1. The van der Waals surface area contributed by atoms with Crippen LogP contribution in [-0.2, 0) is 4.74 Å². The van der Waals surface area contributed by atoms with Gasteiger partial charge in [-0.3, -0.25) is 4.79 Å². The predicted octanol–water partition coefficient (Wildman–Crippen LogP) is 3.40. The normalized spacial score (nSPS) is 11.2. The Labute approximate surface area is 130 Å². The van der Waals surface area contributed by atoms with Crippen molar-refractivity contribution in [3.05, 3.63) is 27.5 Å².